The van der Waals surface area contributed by atoms with Crippen LogP contribution in [0.25, 0.3) is 10.2 Å². The molecule has 2 aromatic carbocycles. The summed E-state index contributed by atoms with van der Waals surface area (Å²) < 4.78 is 45.1. The first-order chi connectivity index (χ1) is 14.0. The van der Waals surface area contributed by atoms with Gasteiger partial charge in [-0.25, -0.2) is 23.3 Å². The first-order valence-corrected chi connectivity index (χ1v) is 11.9. The van der Waals surface area contributed by atoms with Gasteiger partial charge in [0.15, 0.2) is 5.13 Å². The van der Waals surface area contributed by atoms with E-state index in [0.717, 1.165) is 23.5 Å². The van der Waals surface area contributed by atoms with E-state index < -0.39 is 33.0 Å². The average molecular weight is 488 g/mol. The van der Waals surface area contributed by atoms with Crippen LogP contribution in [0.2, 0.25) is 5.02 Å². The smallest absolute Gasteiger partial charge is 0.327 e. The molecule has 10 nitrogen and oxygen atoms in total. The van der Waals surface area contributed by atoms with Gasteiger partial charge >= 0.3 is 6.03 Å². The molecule has 0 aliphatic heterocycles. The van der Waals surface area contributed by atoms with E-state index in [-0.39, 0.29) is 26.4 Å². The minimum atomic E-state index is -4.06. The quantitative estimate of drug-likeness (QED) is 0.461. The largest absolute Gasteiger partial charge is 0.772 e. The fourth-order valence-corrected chi connectivity index (χ4v) is 4.52. The van der Waals surface area contributed by atoms with Crippen LogP contribution < -0.4 is 15.8 Å². The average Bonchev–Trinajstić information content (AvgIpc) is 3.01. The molecular formula is C16H12ClN4O6S3-. The second-order valence-corrected chi connectivity index (χ2v) is 9.76. The number of aromatic nitrogens is 1. The maximum Gasteiger partial charge on any atom is 0.327 e. The number of nitrogens with zero attached hydrogens (tertiary/aromatic N) is 1. The Kier molecular flexibility index (Phi) is 6.50. The lowest BCUT2D eigenvalue weighted by Crippen LogP contribution is -2.34. The van der Waals surface area contributed by atoms with Crippen molar-refractivity contribution < 1.29 is 26.8 Å². The Labute approximate surface area is 181 Å². The van der Waals surface area contributed by atoms with Gasteiger partial charge in [-0.2, -0.15) is 0 Å². The predicted octanol–water partition coefficient (Wildman–Crippen LogP) is 1.94. The van der Waals surface area contributed by atoms with Gasteiger partial charge in [0.2, 0.25) is 10.0 Å². The molecular weight excluding hydrogens is 476 g/mol. The maximum atomic E-state index is 12.3. The van der Waals surface area contributed by atoms with Gasteiger partial charge in [-0.05, 0) is 35.9 Å². The van der Waals surface area contributed by atoms with Crippen molar-refractivity contribution >= 4 is 71.3 Å². The number of hydrogen-bond donors (Lipinski definition) is 3. The van der Waals surface area contributed by atoms with E-state index in [2.05, 4.69) is 10.3 Å². The highest BCUT2D eigenvalue weighted by Crippen LogP contribution is 2.27. The number of fused-ring (bicyclic) bond motifs is 1. The minimum absolute atomic E-state index is 0.0732. The van der Waals surface area contributed by atoms with Crippen LogP contribution in [0.5, 0.6) is 0 Å². The number of halogens is 1. The van der Waals surface area contributed by atoms with Crippen LogP contribution >= 0.6 is 22.9 Å². The minimum Gasteiger partial charge on any atom is -0.772 e. The van der Waals surface area contributed by atoms with Gasteiger partial charge in [-0.3, -0.25) is 19.6 Å². The molecule has 1 heterocycles. The van der Waals surface area contributed by atoms with Crippen molar-refractivity contribution in [3.8, 4) is 0 Å². The van der Waals surface area contributed by atoms with Gasteiger partial charge in [0.25, 0.3) is 5.91 Å². The lowest BCUT2D eigenvalue weighted by atomic mass is 10.2. The van der Waals surface area contributed by atoms with Gasteiger partial charge in [0, 0.05) is 5.75 Å². The molecule has 0 aliphatic rings. The monoisotopic (exact) mass is 487 g/mol. The van der Waals surface area contributed by atoms with Crippen molar-refractivity contribution in [1.29, 1.82) is 0 Å². The van der Waals surface area contributed by atoms with Crippen LogP contribution in [0.1, 0.15) is 15.9 Å². The van der Waals surface area contributed by atoms with Crippen LogP contribution in [0.15, 0.2) is 41.3 Å². The van der Waals surface area contributed by atoms with Crippen molar-refractivity contribution in [2.75, 3.05) is 5.32 Å². The summed E-state index contributed by atoms with van der Waals surface area (Å²) in [6.45, 7) is 0. The first kappa shape index (κ1) is 22.3. The summed E-state index contributed by atoms with van der Waals surface area (Å²) in [4.78, 5) is 28.3. The van der Waals surface area contributed by atoms with Crippen molar-refractivity contribution in [2.45, 2.75) is 10.6 Å². The van der Waals surface area contributed by atoms with E-state index >= 15 is 0 Å². The second kappa shape index (κ2) is 8.75. The van der Waals surface area contributed by atoms with Crippen molar-refractivity contribution in [2.24, 2.45) is 5.14 Å². The lowest BCUT2D eigenvalue weighted by molar-refractivity contribution is 0.0967. The van der Waals surface area contributed by atoms with Crippen molar-refractivity contribution in [3.63, 3.8) is 0 Å². The van der Waals surface area contributed by atoms with Gasteiger partial charge in [-0.1, -0.05) is 40.1 Å². The Morgan fingerprint density at radius 2 is 1.97 bits per heavy atom. The van der Waals surface area contributed by atoms with E-state index in [1.165, 1.54) is 6.07 Å². The SMILES string of the molecule is NS(=O)(=O)c1ccc(Cl)c(C(=O)NC(=O)Nc2nc3ccc(CS(=O)[O-])cc3s2)c1. The molecule has 0 aliphatic carbocycles. The van der Waals surface area contributed by atoms with Crippen molar-refractivity contribution in [1.82, 2.24) is 10.3 Å². The number of anilines is 1. The zero-order valence-corrected chi connectivity index (χ0v) is 18.0. The molecule has 0 saturated carbocycles. The van der Waals surface area contributed by atoms with Crippen LogP contribution in [0, 0.1) is 0 Å². The van der Waals surface area contributed by atoms with Crippen LogP contribution in [0.4, 0.5) is 9.93 Å². The molecule has 30 heavy (non-hydrogen) atoms. The molecule has 158 valence electrons. The standard InChI is InChI=1S/C16H13ClN4O6S3/c17-11-3-2-9(30(18,26)27)6-10(11)14(22)20-15(23)21-16-19-12-4-1-8(7-29(24)25)5-13(12)28-16/h1-6H,7H2,(H,24,25)(H2,18,26,27)(H2,19,20,21,22,23)/p-1. The molecule has 3 rings (SSSR count). The number of hydrogen-bond acceptors (Lipinski definition) is 8. The zero-order chi connectivity index (χ0) is 22.1. The van der Waals surface area contributed by atoms with Crippen molar-refractivity contribution in [3.05, 3.63) is 52.5 Å². The van der Waals surface area contributed by atoms with E-state index in [9.17, 15) is 26.8 Å². The van der Waals surface area contributed by atoms with Gasteiger partial charge in [0.1, 0.15) is 0 Å². The number of imide groups is 1. The van der Waals surface area contributed by atoms with Crippen LogP contribution in [-0.2, 0) is 26.9 Å². The summed E-state index contributed by atoms with van der Waals surface area (Å²) in [5.41, 5.74) is 0.846. The van der Waals surface area contributed by atoms with Crippen LogP contribution in [-0.4, -0.2) is 34.1 Å². The molecule has 0 spiro atoms. The number of benzene rings is 2. The number of primary sulfonamides is 1. The third kappa shape index (κ3) is 5.38. The summed E-state index contributed by atoms with van der Waals surface area (Å²) in [6.07, 6.45) is 0. The van der Waals surface area contributed by atoms with Gasteiger partial charge < -0.3 is 4.55 Å². The number of carbonyl (C=O) groups excluding carboxylic acids is 2. The summed E-state index contributed by atoms with van der Waals surface area (Å²) in [5.74, 6) is -1.09. The Bertz CT molecular complexity index is 1290. The number of nitrogens with two attached hydrogens (primary N) is 1. The molecule has 1 unspecified atom stereocenters. The third-order valence-corrected chi connectivity index (χ3v) is 6.44. The maximum absolute atomic E-state index is 12.3. The molecule has 0 bridgehead atoms. The number of nitrogens with one attached hydrogen (secondary N) is 2. The number of thiazole rings is 1. The topological polar surface area (TPSA) is 171 Å². The van der Waals surface area contributed by atoms with Crippen LogP contribution in [0.3, 0.4) is 0 Å². The number of urea groups is 1. The molecule has 14 heteroatoms. The number of amides is 3. The first-order valence-electron chi connectivity index (χ1n) is 7.93. The third-order valence-electron chi connectivity index (χ3n) is 3.70. The van der Waals surface area contributed by atoms with Gasteiger partial charge in [-0.15, -0.1) is 0 Å². The molecule has 1 aromatic heterocycles. The molecule has 1 atom stereocenters. The Hall–Kier alpha value is -2.42. The highest BCUT2D eigenvalue weighted by atomic mass is 35.5. The summed E-state index contributed by atoms with van der Waals surface area (Å²) in [5, 5.41) is 9.53. The fourth-order valence-electron chi connectivity index (χ4n) is 2.40. The molecule has 3 amide bonds. The number of rotatable bonds is 5. The van der Waals surface area contributed by atoms with E-state index in [4.69, 9.17) is 16.7 Å². The summed E-state index contributed by atoms with van der Waals surface area (Å²) in [7, 11) is -4.06. The lowest BCUT2D eigenvalue weighted by Gasteiger charge is -2.07. The Morgan fingerprint density at radius 1 is 1.23 bits per heavy atom. The molecule has 3 aromatic rings. The Balaban J connectivity index is 1.74. The van der Waals surface area contributed by atoms with E-state index in [1.54, 1.807) is 18.2 Å². The predicted molar refractivity (Wildman–Crippen MR) is 112 cm³/mol. The summed E-state index contributed by atoms with van der Waals surface area (Å²) >= 11 is 4.75. The van der Waals surface area contributed by atoms with E-state index in [0.29, 0.717) is 15.8 Å². The molecule has 4 N–H and O–H groups in total. The Morgan fingerprint density at radius 3 is 2.63 bits per heavy atom. The number of carbonyl (C=O) groups is 2. The normalized spacial score (nSPS) is 12.5. The van der Waals surface area contributed by atoms with Gasteiger partial charge in [0.05, 0.1) is 25.7 Å². The molecule has 0 fully saturated rings. The molecule has 0 saturated heterocycles. The highest BCUT2D eigenvalue weighted by molar-refractivity contribution is 7.89. The highest BCUT2D eigenvalue weighted by Gasteiger charge is 2.18. The summed E-state index contributed by atoms with van der Waals surface area (Å²) in [6, 6.07) is 7.19. The zero-order valence-electron chi connectivity index (χ0n) is 14.7. The molecule has 0 radical (unpaired) electrons. The van der Waals surface area contributed by atoms with E-state index in [1.807, 2.05) is 5.32 Å². The second-order valence-electron chi connectivity index (χ2n) is 5.86. The fraction of sp³-hybridized carbons (Fsp3) is 0.0625. The number of sulfonamides is 1.